The van der Waals surface area contributed by atoms with Gasteiger partial charge in [-0.25, -0.2) is 4.21 Å². The lowest BCUT2D eigenvalue weighted by Gasteiger charge is -2.22. The van der Waals surface area contributed by atoms with Gasteiger partial charge in [0.2, 0.25) is 11.1 Å². The van der Waals surface area contributed by atoms with Crippen LogP contribution in [-0.4, -0.2) is 17.2 Å². The third-order valence-corrected chi connectivity index (χ3v) is 7.42. The maximum atomic E-state index is 12.7. The molecule has 1 unspecified atom stereocenters. The molecule has 0 aliphatic heterocycles. The van der Waals surface area contributed by atoms with Crippen LogP contribution in [0.4, 0.5) is 0 Å². The predicted octanol–water partition coefficient (Wildman–Crippen LogP) is 5.51. The molecule has 0 radical (unpaired) electrons. The van der Waals surface area contributed by atoms with Crippen molar-refractivity contribution >= 4 is 21.2 Å². The minimum absolute atomic E-state index is 0.139. The quantitative estimate of drug-likeness (QED) is 0.604. The van der Waals surface area contributed by atoms with Crippen LogP contribution in [0.2, 0.25) is 0 Å². The van der Waals surface area contributed by atoms with Crippen molar-refractivity contribution in [3.63, 3.8) is 0 Å². The monoisotopic (exact) mass is 436 g/mol. The molecule has 2 aromatic rings. The second kappa shape index (κ2) is 8.98. The van der Waals surface area contributed by atoms with E-state index < -0.39 is 21.2 Å². The Kier molecular flexibility index (Phi) is 6.81. The summed E-state index contributed by atoms with van der Waals surface area (Å²) >= 11 is -1.72. The van der Waals surface area contributed by atoms with Crippen LogP contribution in [0.5, 0.6) is 5.75 Å². The number of aryl methyl sites for hydroxylation is 1. The third-order valence-electron chi connectivity index (χ3n) is 5.52. The van der Waals surface area contributed by atoms with E-state index in [1.54, 1.807) is 13.0 Å². The first-order valence-corrected chi connectivity index (χ1v) is 12.5. The van der Waals surface area contributed by atoms with E-state index in [1.165, 1.54) is 43.7 Å². The molecule has 3 rings (SSSR count). The maximum absolute atomic E-state index is 12.7. The number of hydrogen-bond donors (Lipinski definition) is 1. The van der Waals surface area contributed by atoms with Gasteiger partial charge in [-0.05, 0) is 72.6 Å². The van der Waals surface area contributed by atoms with E-state index in [0.29, 0.717) is 27.7 Å². The van der Waals surface area contributed by atoms with Crippen LogP contribution in [0.1, 0.15) is 74.5 Å². The van der Waals surface area contributed by atoms with Gasteiger partial charge in [-0.1, -0.05) is 45.2 Å². The Morgan fingerprint density at radius 2 is 1.69 bits per heavy atom. The van der Waals surface area contributed by atoms with Crippen LogP contribution in [0, 0.1) is 6.92 Å². The van der Waals surface area contributed by atoms with Crippen LogP contribution in [0.3, 0.4) is 0 Å². The molecule has 0 spiro atoms. The summed E-state index contributed by atoms with van der Waals surface area (Å²) in [6, 6.07) is 10.7. The highest BCUT2D eigenvalue weighted by atomic mass is 32.2. The number of benzene rings is 2. The Hall–Kier alpha value is -1.70. The standard InChI is InChI=1S/C22H28O5S2/c1-15(2)20-14-21(16(3)13-22(20)29(24,25)26)27-28(23)19-11-9-18(10-12-19)17-7-5-4-6-8-17/h9-15,17H,4-8H2,1-3H3,(H,24,25,26). The fraction of sp³-hybridized carbons (Fsp3) is 0.455. The van der Waals surface area contributed by atoms with E-state index in [-0.39, 0.29) is 10.8 Å². The average molecular weight is 437 g/mol. The first kappa shape index (κ1) is 22.0. The van der Waals surface area contributed by atoms with E-state index in [2.05, 4.69) is 0 Å². The smallest absolute Gasteiger partial charge is 0.294 e. The lowest BCUT2D eigenvalue weighted by Crippen LogP contribution is -2.08. The Balaban J connectivity index is 1.82. The highest BCUT2D eigenvalue weighted by Crippen LogP contribution is 2.34. The Morgan fingerprint density at radius 3 is 2.24 bits per heavy atom. The lowest BCUT2D eigenvalue weighted by molar-refractivity contribution is 0.443. The Labute approximate surface area is 175 Å². The molecule has 0 amide bonds. The molecule has 1 aliphatic carbocycles. The zero-order valence-electron chi connectivity index (χ0n) is 17.1. The van der Waals surface area contributed by atoms with Crippen LogP contribution in [0.25, 0.3) is 0 Å². The van der Waals surface area contributed by atoms with Crippen molar-refractivity contribution in [3.8, 4) is 5.75 Å². The molecule has 1 fully saturated rings. The number of hydrogen-bond acceptors (Lipinski definition) is 4. The predicted molar refractivity (Wildman–Crippen MR) is 114 cm³/mol. The molecule has 2 aromatic carbocycles. The van der Waals surface area contributed by atoms with Gasteiger partial charge in [0.1, 0.15) is 5.75 Å². The van der Waals surface area contributed by atoms with Crippen LogP contribution < -0.4 is 4.18 Å². The summed E-state index contributed by atoms with van der Waals surface area (Å²) in [5, 5.41) is 0. The van der Waals surface area contributed by atoms with Gasteiger partial charge in [-0.2, -0.15) is 8.42 Å². The van der Waals surface area contributed by atoms with Gasteiger partial charge < -0.3 is 4.18 Å². The molecule has 0 heterocycles. The molecule has 158 valence electrons. The second-order valence-corrected chi connectivity index (χ2v) is 10.5. The molecule has 0 aromatic heterocycles. The summed E-state index contributed by atoms with van der Waals surface area (Å²) in [5.41, 5.74) is 2.20. The zero-order valence-corrected chi connectivity index (χ0v) is 18.7. The van der Waals surface area contributed by atoms with E-state index in [1.807, 2.05) is 38.1 Å². The van der Waals surface area contributed by atoms with Gasteiger partial charge in [0.25, 0.3) is 10.1 Å². The molecule has 1 N–H and O–H groups in total. The molecular formula is C22H28O5S2. The zero-order chi connectivity index (χ0) is 21.2. The van der Waals surface area contributed by atoms with Crippen molar-refractivity contribution in [2.75, 3.05) is 0 Å². The van der Waals surface area contributed by atoms with Crippen molar-refractivity contribution in [2.24, 2.45) is 0 Å². The fourth-order valence-corrected chi connectivity index (χ4v) is 5.57. The first-order valence-electron chi connectivity index (χ1n) is 9.99. The fourth-order valence-electron chi connectivity index (χ4n) is 3.86. The summed E-state index contributed by atoms with van der Waals surface area (Å²) in [5.74, 6) is 0.768. The summed E-state index contributed by atoms with van der Waals surface area (Å²) < 4.78 is 51.3. The van der Waals surface area contributed by atoms with Crippen molar-refractivity contribution in [2.45, 2.75) is 74.5 Å². The van der Waals surface area contributed by atoms with E-state index in [4.69, 9.17) is 4.18 Å². The molecule has 1 aliphatic rings. The molecule has 1 saturated carbocycles. The van der Waals surface area contributed by atoms with Crippen LogP contribution in [-0.2, 0) is 21.2 Å². The van der Waals surface area contributed by atoms with E-state index in [9.17, 15) is 17.2 Å². The highest BCUT2D eigenvalue weighted by Gasteiger charge is 2.22. The lowest BCUT2D eigenvalue weighted by atomic mass is 9.84. The summed E-state index contributed by atoms with van der Waals surface area (Å²) in [7, 11) is -4.35. The van der Waals surface area contributed by atoms with Gasteiger partial charge in [0.05, 0.1) is 9.79 Å². The Morgan fingerprint density at radius 1 is 1.07 bits per heavy atom. The van der Waals surface area contributed by atoms with Crippen molar-refractivity contribution in [1.82, 2.24) is 0 Å². The maximum Gasteiger partial charge on any atom is 0.294 e. The molecule has 0 saturated heterocycles. The molecule has 5 nitrogen and oxygen atoms in total. The average Bonchev–Trinajstić information content (AvgIpc) is 2.69. The van der Waals surface area contributed by atoms with Crippen molar-refractivity contribution < 1.29 is 21.4 Å². The molecule has 0 bridgehead atoms. The topological polar surface area (TPSA) is 80.7 Å². The molecule has 7 heteroatoms. The minimum atomic E-state index is -4.35. The normalized spacial score (nSPS) is 16.7. The molecular weight excluding hydrogens is 408 g/mol. The van der Waals surface area contributed by atoms with Gasteiger partial charge in [-0.3, -0.25) is 4.55 Å². The summed E-state index contributed by atoms with van der Waals surface area (Å²) in [6.45, 7) is 5.31. The van der Waals surface area contributed by atoms with Gasteiger partial charge >= 0.3 is 0 Å². The minimum Gasteiger partial charge on any atom is -0.397 e. The molecule has 1 atom stereocenters. The van der Waals surface area contributed by atoms with Gasteiger partial charge in [-0.15, -0.1) is 0 Å². The van der Waals surface area contributed by atoms with E-state index in [0.717, 1.165) is 0 Å². The van der Waals surface area contributed by atoms with Crippen LogP contribution in [0.15, 0.2) is 46.2 Å². The highest BCUT2D eigenvalue weighted by molar-refractivity contribution is 7.86. The second-order valence-electron chi connectivity index (χ2n) is 8.01. The summed E-state index contributed by atoms with van der Waals surface area (Å²) in [4.78, 5) is 0.425. The number of rotatable bonds is 6. The summed E-state index contributed by atoms with van der Waals surface area (Å²) in [6.07, 6.45) is 6.24. The van der Waals surface area contributed by atoms with Crippen molar-refractivity contribution in [1.29, 1.82) is 0 Å². The van der Waals surface area contributed by atoms with E-state index >= 15 is 0 Å². The Bertz CT molecular complexity index is 989. The van der Waals surface area contributed by atoms with Gasteiger partial charge in [0.15, 0.2) is 0 Å². The molecule has 29 heavy (non-hydrogen) atoms. The van der Waals surface area contributed by atoms with Gasteiger partial charge in [0, 0.05) is 0 Å². The van der Waals surface area contributed by atoms with Crippen molar-refractivity contribution in [3.05, 3.63) is 53.1 Å². The third kappa shape index (κ3) is 5.27. The van der Waals surface area contributed by atoms with Crippen LogP contribution >= 0.6 is 0 Å². The SMILES string of the molecule is Cc1cc(S(=O)(=O)O)c(C(C)C)cc1OS(=O)c1ccc(C2CCCCC2)cc1. The first-order chi connectivity index (χ1) is 13.7. The largest absolute Gasteiger partial charge is 0.397 e.